The number of rotatable bonds is 2. The number of nitrogens with one attached hydrogen (secondary N) is 1. The molecule has 4 rings (SSSR count). The predicted octanol–water partition coefficient (Wildman–Crippen LogP) is 3.95. The summed E-state index contributed by atoms with van der Waals surface area (Å²) in [5, 5.41) is 21.4. The highest BCUT2D eigenvalue weighted by Crippen LogP contribution is 2.42. The van der Waals surface area contributed by atoms with Crippen molar-refractivity contribution in [3.63, 3.8) is 0 Å². The van der Waals surface area contributed by atoms with Crippen molar-refractivity contribution < 1.29 is 4.79 Å². The van der Waals surface area contributed by atoms with Gasteiger partial charge >= 0.3 is 0 Å². The first-order chi connectivity index (χ1) is 12.7. The van der Waals surface area contributed by atoms with Crippen LogP contribution in [0.5, 0.6) is 0 Å². The van der Waals surface area contributed by atoms with E-state index in [1.54, 1.807) is 30.3 Å². The van der Waals surface area contributed by atoms with Crippen LogP contribution in [0.25, 0.3) is 22.2 Å². The van der Waals surface area contributed by atoms with Crippen molar-refractivity contribution in [3.05, 3.63) is 64.0 Å². The highest BCUT2D eigenvalue weighted by molar-refractivity contribution is 9.10. The van der Waals surface area contributed by atoms with Crippen LogP contribution in [-0.4, -0.2) is 15.8 Å². The molecule has 0 radical (unpaired) electrons. The number of benzene rings is 2. The smallest absolute Gasteiger partial charge is 0.196 e. The van der Waals surface area contributed by atoms with Crippen LogP contribution in [0.3, 0.4) is 0 Å². The first-order valence-corrected chi connectivity index (χ1v) is 8.33. The number of nitrogens with zero attached hydrogens (tertiary/aromatic N) is 4. The molecule has 0 fully saturated rings. The lowest BCUT2D eigenvalue weighted by molar-refractivity contribution is 0.104. The van der Waals surface area contributed by atoms with Crippen LogP contribution in [0.4, 0.5) is 5.69 Å². The zero-order chi connectivity index (χ0) is 18.3. The Morgan fingerprint density at radius 2 is 1.88 bits per heavy atom. The molecule has 1 N–H and O–H groups in total. The summed E-state index contributed by atoms with van der Waals surface area (Å²) in [5.74, 6) is -0.160. The Kier molecular flexibility index (Phi) is 3.72. The van der Waals surface area contributed by atoms with Crippen molar-refractivity contribution in [2.75, 3.05) is 5.32 Å². The highest BCUT2D eigenvalue weighted by Gasteiger charge is 2.29. The van der Waals surface area contributed by atoms with E-state index in [1.165, 1.54) is 12.5 Å². The summed E-state index contributed by atoms with van der Waals surface area (Å²) < 4.78 is 0.679. The van der Waals surface area contributed by atoms with Crippen LogP contribution < -0.4 is 5.32 Å². The second-order valence-electron chi connectivity index (χ2n) is 5.53. The zero-order valence-electron chi connectivity index (χ0n) is 13.1. The van der Waals surface area contributed by atoms with Crippen LogP contribution in [0.2, 0.25) is 0 Å². The number of ketones is 1. The summed E-state index contributed by atoms with van der Waals surface area (Å²) in [6.07, 6.45) is 2.75. The van der Waals surface area contributed by atoms with E-state index in [9.17, 15) is 4.79 Å². The highest BCUT2D eigenvalue weighted by atomic mass is 79.9. The monoisotopic (exact) mass is 401 g/mol. The van der Waals surface area contributed by atoms with Gasteiger partial charge in [0.2, 0.25) is 0 Å². The van der Waals surface area contributed by atoms with E-state index in [0.29, 0.717) is 37.9 Å². The summed E-state index contributed by atoms with van der Waals surface area (Å²) in [7, 11) is 0. The summed E-state index contributed by atoms with van der Waals surface area (Å²) in [5.41, 5.74) is 3.41. The molecule has 0 atom stereocenters. The van der Waals surface area contributed by atoms with E-state index in [0.717, 1.165) is 5.56 Å². The van der Waals surface area contributed by atoms with Crippen molar-refractivity contribution in [2.45, 2.75) is 0 Å². The maximum absolute atomic E-state index is 13.1. The van der Waals surface area contributed by atoms with E-state index < -0.39 is 0 Å². The van der Waals surface area contributed by atoms with Gasteiger partial charge in [-0.25, -0.2) is 9.97 Å². The Balaban J connectivity index is 2.07. The van der Waals surface area contributed by atoms with Crippen LogP contribution in [0.15, 0.2) is 52.9 Å². The third-order valence-electron chi connectivity index (χ3n) is 4.13. The van der Waals surface area contributed by atoms with Gasteiger partial charge < -0.3 is 5.32 Å². The van der Waals surface area contributed by atoms with Crippen molar-refractivity contribution in [2.24, 2.45) is 0 Å². The normalized spacial score (nSPS) is 11.3. The quantitative estimate of drug-likeness (QED) is 0.510. The van der Waals surface area contributed by atoms with Gasteiger partial charge in [0.1, 0.15) is 24.0 Å². The van der Waals surface area contributed by atoms with Crippen LogP contribution >= 0.6 is 15.9 Å². The standard InChI is InChI=1S/C19H8BrN5O/c20-13-5-14(23-8-10(6-21)7-22)15-16-17(24-9-25-18(13)16)11-3-1-2-4-12(11)19(15)26/h1-5,8-9,23H. The molecule has 1 heterocycles. The van der Waals surface area contributed by atoms with Crippen LogP contribution in [0, 0.1) is 22.7 Å². The number of nitriles is 2. The van der Waals surface area contributed by atoms with E-state index >= 15 is 0 Å². The van der Waals surface area contributed by atoms with E-state index in [2.05, 4.69) is 31.2 Å². The fraction of sp³-hybridized carbons (Fsp3) is 0. The Morgan fingerprint density at radius 1 is 1.15 bits per heavy atom. The summed E-state index contributed by atoms with van der Waals surface area (Å²) >= 11 is 3.48. The second kappa shape index (κ2) is 6.07. The Morgan fingerprint density at radius 3 is 2.62 bits per heavy atom. The molecule has 0 saturated heterocycles. The average molecular weight is 402 g/mol. The Hall–Kier alpha value is -3.55. The van der Waals surface area contributed by atoms with E-state index in [1.807, 2.05) is 12.1 Å². The molecule has 6 nitrogen and oxygen atoms in total. The lowest BCUT2D eigenvalue weighted by Gasteiger charge is -2.21. The van der Waals surface area contributed by atoms with Crippen LogP contribution in [-0.2, 0) is 0 Å². The fourth-order valence-electron chi connectivity index (χ4n) is 3.02. The van der Waals surface area contributed by atoms with Gasteiger partial charge in [-0.15, -0.1) is 0 Å². The van der Waals surface area contributed by atoms with E-state index in [-0.39, 0.29) is 11.4 Å². The van der Waals surface area contributed by atoms with Crippen molar-refractivity contribution in [1.82, 2.24) is 9.97 Å². The first kappa shape index (κ1) is 15.9. The summed E-state index contributed by atoms with van der Waals surface area (Å²) in [4.78, 5) is 21.8. The lowest BCUT2D eigenvalue weighted by Crippen LogP contribution is -2.14. The van der Waals surface area contributed by atoms with Crippen molar-refractivity contribution >= 4 is 38.3 Å². The van der Waals surface area contributed by atoms with Gasteiger partial charge in [-0.1, -0.05) is 24.3 Å². The molecule has 0 spiro atoms. The topological polar surface area (TPSA) is 102 Å². The number of anilines is 1. The maximum atomic E-state index is 13.1. The molecule has 0 unspecified atom stereocenters. The van der Waals surface area contributed by atoms with Gasteiger partial charge in [-0.05, 0) is 22.0 Å². The molecule has 0 amide bonds. The Bertz CT molecular complexity index is 1200. The first-order valence-electron chi connectivity index (χ1n) is 7.54. The fourth-order valence-corrected chi connectivity index (χ4v) is 3.55. The minimum atomic E-state index is -0.160. The molecule has 3 aromatic rings. The van der Waals surface area contributed by atoms with Crippen molar-refractivity contribution in [1.29, 1.82) is 10.5 Å². The molecule has 26 heavy (non-hydrogen) atoms. The third-order valence-corrected chi connectivity index (χ3v) is 4.74. The summed E-state index contributed by atoms with van der Waals surface area (Å²) in [6.45, 7) is 0. The molecule has 2 aromatic carbocycles. The minimum Gasteiger partial charge on any atom is -0.359 e. The van der Waals surface area contributed by atoms with Gasteiger partial charge in [0.05, 0.1) is 22.5 Å². The molecule has 1 aliphatic carbocycles. The number of carbonyl (C=O) groups excluding carboxylic acids is 1. The molecule has 122 valence electrons. The number of halogens is 1. The average Bonchev–Trinajstić information content (AvgIpc) is 2.68. The number of hydrogen-bond acceptors (Lipinski definition) is 6. The number of carbonyl (C=O) groups is 1. The molecule has 1 aromatic heterocycles. The molecule has 0 bridgehead atoms. The van der Waals surface area contributed by atoms with Gasteiger partial charge in [0, 0.05) is 27.2 Å². The number of hydrogen-bond donors (Lipinski definition) is 1. The largest absolute Gasteiger partial charge is 0.359 e. The molecule has 1 aliphatic rings. The molecular weight excluding hydrogens is 394 g/mol. The van der Waals surface area contributed by atoms with Crippen molar-refractivity contribution in [3.8, 4) is 23.4 Å². The molecule has 7 heteroatoms. The van der Waals surface area contributed by atoms with E-state index in [4.69, 9.17) is 10.5 Å². The SMILES string of the molecule is N#CC(C#N)=CNc1cc(Br)c2ncnc3c2c1C(=O)c1ccccc1-3. The predicted molar refractivity (Wildman–Crippen MR) is 99.0 cm³/mol. The molecule has 0 aliphatic heterocycles. The van der Waals surface area contributed by atoms with Gasteiger partial charge in [-0.2, -0.15) is 10.5 Å². The molecule has 0 saturated carbocycles. The third kappa shape index (κ3) is 2.26. The number of allylic oxidation sites excluding steroid dienone is 1. The molecular formula is C19H8BrN5O. The lowest BCUT2D eigenvalue weighted by atomic mass is 9.86. The Labute approximate surface area is 156 Å². The number of fused-ring (bicyclic) bond motifs is 2. The minimum absolute atomic E-state index is 0.0957. The van der Waals surface area contributed by atoms with Gasteiger partial charge in [-0.3, -0.25) is 4.79 Å². The maximum Gasteiger partial charge on any atom is 0.196 e. The zero-order valence-corrected chi connectivity index (χ0v) is 14.7. The summed E-state index contributed by atoms with van der Waals surface area (Å²) in [6, 6.07) is 12.5. The van der Waals surface area contributed by atoms with Gasteiger partial charge in [0.15, 0.2) is 5.78 Å². The van der Waals surface area contributed by atoms with Crippen LogP contribution in [0.1, 0.15) is 15.9 Å². The van der Waals surface area contributed by atoms with Gasteiger partial charge in [0.25, 0.3) is 0 Å². The second-order valence-corrected chi connectivity index (χ2v) is 6.38. The number of aromatic nitrogens is 2.